The van der Waals surface area contributed by atoms with E-state index in [2.05, 4.69) is 20.0 Å². The summed E-state index contributed by atoms with van der Waals surface area (Å²) in [5.74, 6) is 1.62. The fraction of sp³-hybridized carbons (Fsp3) is 0.308. The van der Waals surface area contributed by atoms with Crippen molar-refractivity contribution >= 4 is 11.8 Å². The first-order valence-electron chi connectivity index (χ1n) is 5.81. The zero-order chi connectivity index (χ0) is 13.8. The molecule has 2 aromatic rings. The third-order valence-corrected chi connectivity index (χ3v) is 2.58. The first-order valence-corrected chi connectivity index (χ1v) is 5.81. The molecule has 0 fully saturated rings. The van der Waals surface area contributed by atoms with Gasteiger partial charge in [-0.25, -0.2) is 14.8 Å². The monoisotopic (exact) mass is 261 g/mol. The lowest BCUT2D eigenvalue weighted by molar-refractivity contribution is 0.0599. The molecule has 0 saturated heterocycles. The molecule has 2 aromatic heterocycles. The summed E-state index contributed by atoms with van der Waals surface area (Å²) >= 11 is 0. The average molecular weight is 261 g/mol. The van der Waals surface area contributed by atoms with Gasteiger partial charge in [0.1, 0.15) is 11.6 Å². The minimum Gasteiger partial charge on any atom is -0.465 e. The Morgan fingerprint density at radius 3 is 2.79 bits per heavy atom. The standard InChI is InChI=1S/C13H15N3O3/c1-8-6-15-12(19-8)7-14-11-5-4-10(9(2)16-11)13(17)18-3/h4-6H,7H2,1-3H3,(H,14,16). The number of anilines is 1. The lowest BCUT2D eigenvalue weighted by Crippen LogP contribution is -2.08. The van der Waals surface area contributed by atoms with Crippen LogP contribution < -0.4 is 5.32 Å². The van der Waals surface area contributed by atoms with Crippen LogP contribution in [0.15, 0.2) is 22.7 Å². The van der Waals surface area contributed by atoms with Crippen molar-refractivity contribution in [3.63, 3.8) is 0 Å². The summed E-state index contributed by atoms with van der Waals surface area (Å²) in [6.45, 7) is 4.04. The molecular formula is C13H15N3O3. The van der Waals surface area contributed by atoms with Gasteiger partial charge in [0, 0.05) is 0 Å². The van der Waals surface area contributed by atoms with Crippen molar-refractivity contribution in [3.8, 4) is 0 Å². The molecule has 0 aliphatic heterocycles. The number of esters is 1. The molecule has 0 radical (unpaired) electrons. The summed E-state index contributed by atoms with van der Waals surface area (Å²) in [7, 11) is 1.35. The molecule has 100 valence electrons. The first kappa shape index (κ1) is 13.1. The summed E-state index contributed by atoms with van der Waals surface area (Å²) < 4.78 is 10.0. The second kappa shape index (κ2) is 5.51. The molecule has 19 heavy (non-hydrogen) atoms. The Morgan fingerprint density at radius 1 is 1.42 bits per heavy atom. The van der Waals surface area contributed by atoms with Gasteiger partial charge in [0.25, 0.3) is 0 Å². The maximum Gasteiger partial charge on any atom is 0.339 e. The Bertz CT molecular complexity index is 593. The number of nitrogens with zero attached hydrogens (tertiary/aromatic N) is 2. The summed E-state index contributed by atoms with van der Waals surface area (Å²) in [4.78, 5) is 19.8. The number of carbonyl (C=O) groups excluding carboxylic acids is 1. The van der Waals surface area contributed by atoms with Gasteiger partial charge in [0.2, 0.25) is 5.89 Å². The van der Waals surface area contributed by atoms with E-state index >= 15 is 0 Å². The van der Waals surface area contributed by atoms with E-state index in [4.69, 9.17) is 4.42 Å². The van der Waals surface area contributed by atoms with E-state index in [0.29, 0.717) is 29.5 Å². The van der Waals surface area contributed by atoms with Gasteiger partial charge in [-0.3, -0.25) is 0 Å². The minimum absolute atomic E-state index is 0.389. The van der Waals surface area contributed by atoms with Crippen LogP contribution in [0.2, 0.25) is 0 Å². The summed E-state index contributed by atoms with van der Waals surface area (Å²) in [6.07, 6.45) is 1.66. The molecule has 6 heteroatoms. The van der Waals surface area contributed by atoms with Crippen molar-refractivity contribution in [3.05, 3.63) is 41.2 Å². The smallest absolute Gasteiger partial charge is 0.339 e. The molecule has 0 aliphatic carbocycles. The highest BCUT2D eigenvalue weighted by Gasteiger charge is 2.10. The van der Waals surface area contributed by atoms with Gasteiger partial charge in [-0.1, -0.05) is 0 Å². The van der Waals surface area contributed by atoms with Crippen LogP contribution >= 0.6 is 0 Å². The second-order valence-electron chi connectivity index (χ2n) is 4.04. The summed E-state index contributed by atoms with van der Waals surface area (Å²) in [6, 6.07) is 3.40. The van der Waals surface area contributed by atoms with Crippen molar-refractivity contribution in [1.82, 2.24) is 9.97 Å². The number of pyridine rings is 1. The van der Waals surface area contributed by atoms with Crippen LogP contribution in [-0.2, 0) is 11.3 Å². The maximum atomic E-state index is 11.4. The molecule has 1 N–H and O–H groups in total. The Balaban J connectivity index is 2.06. The highest BCUT2D eigenvalue weighted by Crippen LogP contribution is 2.12. The Labute approximate surface area is 110 Å². The number of hydrogen-bond donors (Lipinski definition) is 1. The number of rotatable bonds is 4. The van der Waals surface area contributed by atoms with E-state index in [0.717, 1.165) is 5.76 Å². The Hall–Kier alpha value is -2.37. The number of nitrogens with one attached hydrogen (secondary N) is 1. The van der Waals surface area contributed by atoms with E-state index in [-0.39, 0.29) is 5.97 Å². The van der Waals surface area contributed by atoms with Gasteiger partial charge >= 0.3 is 5.97 Å². The SMILES string of the molecule is COC(=O)c1ccc(NCc2ncc(C)o2)nc1C. The number of ether oxygens (including phenoxy) is 1. The third kappa shape index (κ3) is 3.09. The number of carbonyl (C=O) groups is 1. The molecule has 2 rings (SSSR count). The maximum absolute atomic E-state index is 11.4. The van der Waals surface area contributed by atoms with Crippen LogP contribution in [0.5, 0.6) is 0 Å². The van der Waals surface area contributed by atoms with Crippen LogP contribution in [0, 0.1) is 13.8 Å². The van der Waals surface area contributed by atoms with E-state index in [1.54, 1.807) is 25.3 Å². The zero-order valence-corrected chi connectivity index (χ0v) is 11.1. The fourth-order valence-corrected chi connectivity index (χ4v) is 1.63. The summed E-state index contributed by atoms with van der Waals surface area (Å²) in [5.41, 5.74) is 1.07. The molecule has 0 atom stereocenters. The predicted octanol–water partition coefficient (Wildman–Crippen LogP) is 2.09. The molecule has 0 bridgehead atoms. The van der Waals surface area contributed by atoms with Crippen LogP contribution in [0.25, 0.3) is 0 Å². The van der Waals surface area contributed by atoms with Gasteiger partial charge < -0.3 is 14.5 Å². The normalized spacial score (nSPS) is 10.3. The number of aryl methyl sites for hydroxylation is 2. The second-order valence-corrected chi connectivity index (χ2v) is 4.04. The lowest BCUT2D eigenvalue weighted by Gasteiger charge is -2.07. The van der Waals surface area contributed by atoms with Crippen LogP contribution in [0.3, 0.4) is 0 Å². The topological polar surface area (TPSA) is 77.2 Å². The highest BCUT2D eigenvalue weighted by atomic mass is 16.5. The zero-order valence-electron chi connectivity index (χ0n) is 11.1. The molecule has 0 spiro atoms. The quantitative estimate of drug-likeness (QED) is 0.849. The van der Waals surface area contributed by atoms with Crippen molar-refractivity contribution in [2.24, 2.45) is 0 Å². The van der Waals surface area contributed by atoms with Crippen LogP contribution in [0.1, 0.15) is 27.7 Å². The van der Waals surface area contributed by atoms with Crippen molar-refractivity contribution in [2.75, 3.05) is 12.4 Å². The van der Waals surface area contributed by atoms with E-state index < -0.39 is 0 Å². The van der Waals surface area contributed by atoms with Crippen LogP contribution in [0.4, 0.5) is 5.82 Å². The number of methoxy groups -OCH3 is 1. The van der Waals surface area contributed by atoms with Crippen molar-refractivity contribution in [2.45, 2.75) is 20.4 Å². The largest absolute Gasteiger partial charge is 0.465 e. The number of oxazole rings is 1. The molecular weight excluding hydrogens is 246 g/mol. The van der Waals surface area contributed by atoms with Gasteiger partial charge in [-0.15, -0.1) is 0 Å². The molecule has 0 aromatic carbocycles. The van der Waals surface area contributed by atoms with Gasteiger partial charge in [-0.2, -0.15) is 0 Å². The minimum atomic E-state index is -0.389. The van der Waals surface area contributed by atoms with E-state index in [1.807, 2.05) is 6.92 Å². The van der Waals surface area contributed by atoms with Crippen molar-refractivity contribution in [1.29, 1.82) is 0 Å². The van der Waals surface area contributed by atoms with Gasteiger partial charge in [0.05, 0.1) is 31.1 Å². The van der Waals surface area contributed by atoms with Gasteiger partial charge in [-0.05, 0) is 26.0 Å². The van der Waals surface area contributed by atoms with E-state index in [1.165, 1.54) is 7.11 Å². The Kier molecular flexibility index (Phi) is 3.79. The third-order valence-electron chi connectivity index (χ3n) is 2.58. The van der Waals surface area contributed by atoms with Crippen LogP contribution in [-0.4, -0.2) is 23.0 Å². The summed E-state index contributed by atoms with van der Waals surface area (Å²) in [5, 5.41) is 3.08. The molecule has 2 heterocycles. The first-order chi connectivity index (χ1) is 9.10. The fourth-order valence-electron chi connectivity index (χ4n) is 1.63. The predicted molar refractivity (Wildman–Crippen MR) is 68.9 cm³/mol. The average Bonchev–Trinajstić information content (AvgIpc) is 2.81. The molecule has 0 aliphatic rings. The molecule has 6 nitrogen and oxygen atoms in total. The number of hydrogen-bond acceptors (Lipinski definition) is 6. The van der Waals surface area contributed by atoms with E-state index in [9.17, 15) is 4.79 Å². The van der Waals surface area contributed by atoms with Crippen molar-refractivity contribution < 1.29 is 13.9 Å². The number of aromatic nitrogens is 2. The highest BCUT2D eigenvalue weighted by molar-refractivity contribution is 5.90. The lowest BCUT2D eigenvalue weighted by atomic mass is 10.2. The molecule has 0 amide bonds. The molecule has 0 unspecified atom stereocenters. The Morgan fingerprint density at radius 2 is 2.21 bits per heavy atom. The molecule has 0 saturated carbocycles. The van der Waals surface area contributed by atoms with Gasteiger partial charge in [0.15, 0.2) is 0 Å².